The lowest BCUT2D eigenvalue weighted by Gasteiger charge is -2.18. The fraction of sp³-hybridized carbons (Fsp3) is 0.143. The number of halogens is 3. The van der Waals surface area contributed by atoms with Crippen LogP contribution in [0, 0.1) is 0 Å². The van der Waals surface area contributed by atoms with Gasteiger partial charge in [-0.1, -0.05) is 61.7 Å². The van der Waals surface area contributed by atoms with Gasteiger partial charge >= 0.3 is 0 Å². The summed E-state index contributed by atoms with van der Waals surface area (Å²) in [7, 11) is 0. The molecule has 1 atom stereocenters. The van der Waals surface area contributed by atoms with E-state index in [0.29, 0.717) is 5.02 Å². The third-order valence-electron chi connectivity index (χ3n) is 2.87. The molecule has 0 saturated carbocycles. The molecule has 2 aromatic rings. The van der Waals surface area contributed by atoms with Gasteiger partial charge in [0, 0.05) is 14.0 Å². The zero-order valence-electron chi connectivity index (χ0n) is 10.0. The molecule has 0 amide bonds. The topological polar surface area (TPSA) is 38.0 Å². The summed E-state index contributed by atoms with van der Waals surface area (Å²) in [5.74, 6) is 5.67. The molecule has 3 N–H and O–H groups in total. The molecule has 0 spiro atoms. The van der Waals surface area contributed by atoms with E-state index in [2.05, 4.69) is 49.4 Å². The zero-order valence-corrected chi connectivity index (χ0v) is 14.0. The smallest absolute Gasteiger partial charge is 0.0515 e. The molecular weight excluding hydrogens is 391 g/mol. The second-order valence-corrected chi connectivity index (χ2v) is 6.46. The lowest BCUT2D eigenvalue weighted by atomic mass is 9.99. The third kappa shape index (κ3) is 4.04. The highest BCUT2D eigenvalue weighted by atomic mass is 79.9. The molecule has 0 aliphatic rings. The number of hydrogen-bond acceptors (Lipinski definition) is 2. The molecule has 0 bridgehead atoms. The van der Waals surface area contributed by atoms with Gasteiger partial charge in [-0.2, -0.15) is 0 Å². The van der Waals surface area contributed by atoms with Crippen LogP contribution in [0.2, 0.25) is 5.02 Å². The highest BCUT2D eigenvalue weighted by Crippen LogP contribution is 2.28. The van der Waals surface area contributed by atoms with Gasteiger partial charge in [0.15, 0.2) is 0 Å². The molecule has 0 radical (unpaired) electrons. The Balaban J connectivity index is 2.25. The lowest BCUT2D eigenvalue weighted by Crippen LogP contribution is -2.29. The second-order valence-electron chi connectivity index (χ2n) is 4.22. The maximum absolute atomic E-state index is 6.27. The van der Waals surface area contributed by atoms with Gasteiger partial charge in [-0.3, -0.25) is 11.3 Å². The van der Waals surface area contributed by atoms with Gasteiger partial charge in [0.25, 0.3) is 0 Å². The minimum atomic E-state index is -0.0186. The highest BCUT2D eigenvalue weighted by Gasteiger charge is 2.14. The molecule has 2 aromatic carbocycles. The van der Waals surface area contributed by atoms with Crippen molar-refractivity contribution in [3.63, 3.8) is 0 Å². The molecule has 0 fully saturated rings. The van der Waals surface area contributed by atoms with Crippen LogP contribution in [0.15, 0.2) is 51.4 Å². The van der Waals surface area contributed by atoms with Crippen LogP contribution in [0.4, 0.5) is 0 Å². The predicted molar refractivity (Wildman–Crippen MR) is 87.1 cm³/mol. The molecule has 5 heteroatoms. The van der Waals surface area contributed by atoms with Crippen molar-refractivity contribution in [2.24, 2.45) is 5.84 Å². The van der Waals surface area contributed by atoms with Gasteiger partial charge in [-0.25, -0.2) is 0 Å². The van der Waals surface area contributed by atoms with Crippen LogP contribution in [-0.2, 0) is 6.42 Å². The summed E-state index contributed by atoms with van der Waals surface area (Å²) in [4.78, 5) is 0. The predicted octanol–water partition coefficient (Wildman–Crippen LogP) is 4.61. The molecule has 0 aliphatic heterocycles. The van der Waals surface area contributed by atoms with Gasteiger partial charge < -0.3 is 0 Å². The van der Waals surface area contributed by atoms with E-state index < -0.39 is 0 Å². The van der Waals surface area contributed by atoms with Crippen LogP contribution in [-0.4, -0.2) is 0 Å². The van der Waals surface area contributed by atoms with Gasteiger partial charge in [-0.05, 0) is 41.8 Å². The van der Waals surface area contributed by atoms with E-state index in [1.807, 2.05) is 30.3 Å². The Kier molecular flexibility index (Phi) is 5.42. The minimum Gasteiger partial charge on any atom is -0.271 e. The molecular formula is C14H13Br2ClN2. The number of rotatable bonds is 4. The van der Waals surface area contributed by atoms with E-state index in [-0.39, 0.29) is 6.04 Å². The van der Waals surface area contributed by atoms with E-state index in [4.69, 9.17) is 17.4 Å². The Bertz CT molecular complexity index is 575. The summed E-state index contributed by atoms with van der Waals surface area (Å²) in [6.45, 7) is 0. The van der Waals surface area contributed by atoms with Crippen molar-refractivity contribution in [2.45, 2.75) is 12.5 Å². The van der Waals surface area contributed by atoms with Crippen LogP contribution < -0.4 is 11.3 Å². The molecule has 0 saturated heterocycles. The van der Waals surface area contributed by atoms with Crippen molar-refractivity contribution >= 4 is 43.5 Å². The minimum absolute atomic E-state index is 0.0186. The monoisotopic (exact) mass is 402 g/mol. The van der Waals surface area contributed by atoms with Gasteiger partial charge in [-0.15, -0.1) is 0 Å². The first-order valence-corrected chi connectivity index (χ1v) is 7.72. The molecule has 0 aliphatic carbocycles. The summed E-state index contributed by atoms with van der Waals surface area (Å²) in [6, 6.07) is 14.0. The Hall–Kier alpha value is -0.390. The summed E-state index contributed by atoms with van der Waals surface area (Å²) in [5.41, 5.74) is 5.02. The number of nitrogens with two attached hydrogens (primary N) is 1. The van der Waals surface area contributed by atoms with Crippen LogP contribution in [0.1, 0.15) is 17.2 Å². The van der Waals surface area contributed by atoms with Gasteiger partial charge in [0.05, 0.1) is 6.04 Å². The average molecular weight is 405 g/mol. The quantitative estimate of drug-likeness (QED) is 0.577. The number of hydrogen-bond donors (Lipinski definition) is 2. The Morgan fingerprint density at radius 1 is 1.11 bits per heavy atom. The van der Waals surface area contributed by atoms with E-state index >= 15 is 0 Å². The maximum atomic E-state index is 6.27. The number of benzene rings is 2. The first-order chi connectivity index (χ1) is 9.10. The lowest BCUT2D eigenvalue weighted by molar-refractivity contribution is 0.552. The summed E-state index contributed by atoms with van der Waals surface area (Å²) in [6.07, 6.45) is 0.775. The largest absolute Gasteiger partial charge is 0.271 e. The van der Waals surface area contributed by atoms with Crippen molar-refractivity contribution in [1.29, 1.82) is 0 Å². The standard InChI is InChI=1S/C14H13Br2ClN2/c15-10-3-1-2-9(6-10)7-14(19-18)12-5-4-11(16)8-13(12)17/h1-6,8,14,19H,7,18H2. The van der Waals surface area contributed by atoms with E-state index in [1.165, 1.54) is 5.56 Å². The van der Waals surface area contributed by atoms with Crippen LogP contribution in [0.3, 0.4) is 0 Å². The van der Waals surface area contributed by atoms with E-state index in [0.717, 1.165) is 20.9 Å². The number of nitrogens with one attached hydrogen (secondary N) is 1. The van der Waals surface area contributed by atoms with E-state index in [1.54, 1.807) is 0 Å². The molecule has 100 valence electrons. The molecule has 0 heterocycles. The highest BCUT2D eigenvalue weighted by molar-refractivity contribution is 9.10. The van der Waals surface area contributed by atoms with Crippen LogP contribution in [0.25, 0.3) is 0 Å². The van der Waals surface area contributed by atoms with Crippen molar-refractivity contribution in [3.05, 3.63) is 67.6 Å². The van der Waals surface area contributed by atoms with Crippen molar-refractivity contribution < 1.29 is 0 Å². The van der Waals surface area contributed by atoms with Gasteiger partial charge in [0.1, 0.15) is 0 Å². The average Bonchev–Trinajstić information content (AvgIpc) is 2.37. The first-order valence-electron chi connectivity index (χ1n) is 5.75. The molecule has 2 rings (SSSR count). The second kappa shape index (κ2) is 6.86. The van der Waals surface area contributed by atoms with Crippen LogP contribution >= 0.6 is 43.5 Å². The molecule has 1 unspecified atom stereocenters. The third-order valence-corrected chi connectivity index (χ3v) is 4.18. The fourth-order valence-electron chi connectivity index (χ4n) is 1.94. The normalized spacial score (nSPS) is 12.4. The summed E-state index contributed by atoms with van der Waals surface area (Å²) >= 11 is 13.1. The van der Waals surface area contributed by atoms with E-state index in [9.17, 15) is 0 Å². The van der Waals surface area contributed by atoms with Crippen LogP contribution in [0.5, 0.6) is 0 Å². The Morgan fingerprint density at radius 3 is 2.47 bits per heavy atom. The summed E-state index contributed by atoms with van der Waals surface area (Å²) in [5, 5.41) is 0.701. The molecule has 19 heavy (non-hydrogen) atoms. The molecule has 0 aromatic heterocycles. The Morgan fingerprint density at radius 2 is 1.84 bits per heavy atom. The summed E-state index contributed by atoms with van der Waals surface area (Å²) < 4.78 is 2.02. The number of hydrazine groups is 1. The molecule has 2 nitrogen and oxygen atoms in total. The maximum Gasteiger partial charge on any atom is 0.0515 e. The van der Waals surface area contributed by atoms with Crippen molar-refractivity contribution in [2.75, 3.05) is 0 Å². The fourth-order valence-corrected chi connectivity index (χ4v) is 3.19. The SMILES string of the molecule is NNC(Cc1cccc(Br)c1)c1ccc(Br)cc1Cl. The first kappa shape index (κ1) is 15.0. The zero-order chi connectivity index (χ0) is 13.8. The van der Waals surface area contributed by atoms with Crippen molar-refractivity contribution in [1.82, 2.24) is 5.43 Å². The van der Waals surface area contributed by atoms with Gasteiger partial charge in [0.2, 0.25) is 0 Å². The van der Waals surface area contributed by atoms with Crippen molar-refractivity contribution in [3.8, 4) is 0 Å². The Labute approximate surface area is 134 Å².